The summed E-state index contributed by atoms with van der Waals surface area (Å²) in [6.45, 7) is 3.58. The van der Waals surface area contributed by atoms with Crippen molar-refractivity contribution in [3.63, 3.8) is 0 Å². The van der Waals surface area contributed by atoms with Crippen LogP contribution in [0.1, 0.15) is 19.3 Å². The standard InChI is InChI=1S/C10H18N2O2/c1-12-8-10(2-5-11-6-3-10)4-7-14-9(12)13/h11H,2-8H2,1H3. The van der Waals surface area contributed by atoms with Gasteiger partial charge in [-0.3, -0.25) is 0 Å². The van der Waals surface area contributed by atoms with Crippen LogP contribution in [0.3, 0.4) is 0 Å². The summed E-state index contributed by atoms with van der Waals surface area (Å²) in [6, 6.07) is 0. The molecule has 0 aromatic carbocycles. The maximum absolute atomic E-state index is 11.3. The summed E-state index contributed by atoms with van der Waals surface area (Å²) in [5.74, 6) is 0. The first kappa shape index (κ1) is 9.77. The number of hydrogen-bond acceptors (Lipinski definition) is 3. The van der Waals surface area contributed by atoms with E-state index >= 15 is 0 Å². The molecular weight excluding hydrogens is 180 g/mol. The second kappa shape index (κ2) is 3.77. The number of amides is 1. The van der Waals surface area contributed by atoms with E-state index in [4.69, 9.17) is 4.74 Å². The molecule has 0 aliphatic carbocycles. The van der Waals surface area contributed by atoms with Gasteiger partial charge in [-0.1, -0.05) is 0 Å². The summed E-state index contributed by atoms with van der Waals surface area (Å²) >= 11 is 0. The van der Waals surface area contributed by atoms with E-state index in [0.717, 1.165) is 38.9 Å². The van der Waals surface area contributed by atoms with Gasteiger partial charge >= 0.3 is 6.09 Å². The number of piperidine rings is 1. The molecule has 0 saturated carbocycles. The molecule has 4 nitrogen and oxygen atoms in total. The van der Waals surface area contributed by atoms with E-state index in [1.807, 2.05) is 7.05 Å². The number of nitrogens with zero attached hydrogens (tertiary/aromatic N) is 1. The van der Waals surface area contributed by atoms with E-state index in [9.17, 15) is 4.79 Å². The van der Waals surface area contributed by atoms with Gasteiger partial charge in [-0.15, -0.1) is 0 Å². The minimum absolute atomic E-state index is 0.166. The quantitative estimate of drug-likeness (QED) is 0.627. The molecule has 4 heteroatoms. The third-order valence-corrected chi connectivity index (χ3v) is 3.41. The number of rotatable bonds is 0. The van der Waals surface area contributed by atoms with Crippen LogP contribution in [0, 0.1) is 5.41 Å². The van der Waals surface area contributed by atoms with Crippen molar-refractivity contribution in [1.29, 1.82) is 0 Å². The molecule has 2 rings (SSSR count). The van der Waals surface area contributed by atoms with Crippen molar-refractivity contribution in [1.82, 2.24) is 10.2 Å². The number of carbonyl (C=O) groups is 1. The molecule has 2 fully saturated rings. The molecule has 14 heavy (non-hydrogen) atoms. The average Bonchev–Trinajstić information content (AvgIpc) is 2.30. The van der Waals surface area contributed by atoms with Gasteiger partial charge in [-0.25, -0.2) is 4.79 Å². The maximum Gasteiger partial charge on any atom is 0.409 e. The van der Waals surface area contributed by atoms with Gasteiger partial charge in [0.05, 0.1) is 6.61 Å². The average molecular weight is 198 g/mol. The lowest BCUT2D eigenvalue weighted by Gasteiger charge is -2.37. The van der Waals surface area contributed by atoms with Gasteiger partial charge in [0.15, 0.2) is 0 Å². The molecule has 2 aliphatic heterocycles. The highest BCUT2D eigenvalue weighted by Gasteiger charge is 2.36. The number of ether oxygens (including phenoxy) is 1. The first-order chi connectivity index (χ1) is 6.72. The van der Waals surface area contributed by atoms with Crippen molar-refractivity contribution in [2.24, 2.45) is 5.41 Å². The molecule has 0 aromatic rings. The zero-order valence-electron chi connectivity index (χ0n) is 8.71. The summed E-state index contributed by atoms with van der Waals surface area (Å²) in [5.41, 5.74) is 0.312. The SMILES string of the molecule is CN1CC2(CCNCC2)CCOC1=O. The molecule has 1 amide bonds. The van der Waals surface area contributed by atoms with Crippen LogP contribution in [0.5, 0.6) is 0 Å². The highest BCUT2D eigenvalue weighted by atomic mass is 16.6. The van der Waals surface area contributed by atoms with E-state index in [2.05, 4.69) is 5.32 Å². The van der Waals surface area contributed by atoms with E-state index in [-0.39, 0.29) is 6.09 Å². The number of carbonyl (C=O) groups excluding carboxylic acids is 1. The fraction of sp³-hybridized carbons (Fsp3) is 0.900. The Labute approximate surface area is 84.6 Å². The third kappa shape index (κ3) is 1.85. The maximum atomic E-state index is 11.3. The Morgan fingerprint density at radius 2 is 2.07 bits per heavy atom. The van der Waals surface area contributed by atoms with Crippen LogP contribution in [-0.4, -0.2) is 44.3 Å². The molecule has 1 N–H and O–H groups in total. The van der Waals surface area contributed by atoms with E-state index < -0.39 is 0 Å². The Kier molecular flexibility index (Phi) is 2.63. The monoisotopic (exact) mass is 198 g/mol. The summed E-state index contributed by atoms with van der Waals surface area (Å²) in [4.78, 5) is 13.0. The molecule has 2 heterocycles. The van der Waals surface area contributed by atoms with Gasteiger partial charge in [-0.2, -0.15) is 0 Å². The zero-order chi connectivity index (χ0) is 10.0. The molecule has 0 atom stereocenters. The molecule has 0 unspecified atom stereocenters. The van der Waals surface area contributed by atoms with E-state index in [1.54, 1.807) is 4.90 Å². The largest absolute Gasteiger partial charge is 0.449 e. The van der Waals surface area contributed by atoms with Crippen LogP contribution in [0.25, 0.3) is 0 Å². The Hall–Kier alpha value is -0.770. The van der Waals surface area contributed by atoms with Crippen molar-refractivity contribution in [3.05, 3.63) is 0 Å². The second-order valence-electron chi connectivity index (χ2n) is 4.47. The van der Waals surface area contributed by atoms with Crippen molar-refractivity contribution in [3.8, 4) is 0 Å². The predicted molar refractivity (Wildman–Crippen MR) is 53.1 cm³/mol. The Balaban J connectivity index is 2.06. The predicted octanol–water partition coefficient (Wildman–Crippen LogP) is 0.828. The highest BCUT2D eigenvalue weighted by Crippen LogP contribution is 2.35. The number of nitrogens with one attached hydrogen (secondary N) is 1. The first-order valence-corrected chi connectivity index (χ1v) is 5.31. The summed E-state index contributed by atoms with van der Waals surface area (Å²) in [6.07, 6.45) is 3.17. The van der Waals surface area contributed by atoms with Crippen molar-refractivity contribution < 1.29 is 9.53 Å². The lowest BCUT2D eigenvalue weighted by molar-refractivity contribution is 0.123. The van der Waals surface area contributed by atoms with Crippen molar-refractivity contribution in [2.45, 2.75) is 19.3 Å². The Morgan fingerprint density at radius 3 is 2.79 bits per heavy atom. The number of cyclic esters (lactones) is 1. The first-order valence-electron chi connectivity index (χ1n) is 5.31. The van der Waals surface area contributed by atoms with Crippen LogP contribution in [0.2, 0.25) is 0 Å². The van der Waals surface area contributed by atoms with Gasteiger partial charge in [0, 0.05) is 13.6 Å². The summed E-state index contributed by atoms with van der Waals surface area (Å²) in [7, 11) is 1.83. The van der Waals surface area contributed by atoms with Crippen LogP contribution in [-0.2, 0) is 4.74 Å². The molecule has 0 bridgehead atoms. The minimum Gasteiger partial charge on any atom is -0.449 e. The number of hydrogen-bond donors (Lipinski definition) is 1. The highest BCUT2D eigenvalue weighted by molar-refractivity contribution is 5.67. The van der Waals surface area contributed by atoms with Gasteiger partial charge in [0.25, 0.3) is 0 Å². The second-order valence-corrected chi connectivity index (χ2v) is 4.47. The Morgan fingerprint density at radius 1 is 1.36 bits per heavy atom. The molecule has 2 saturated heterocycles. The molecule has 1 spiro atoms. The molecule has 0 aromatic heterocycles. The smallest absolute Gasteiger partial charge is 0.409 e. The van der Waals surface area contributed by atoms with E-state index in [0.29, 0.717) is 12.0 Å². The van der Waals surface area contributed by atoms with Crippen LogP contribution < -0.4 is 5.32 Å². The molecule has 0 radical (unpaired) electrons. The van der Waals surface area contributed by atoms with Gasteiger partial charge in [-0.05, 0) is 37.8 Å². The summed E-state index contributed by atoms with van der Waals surface area (Å²) < 4.78 is 5.11. The lowest BCUT2D eigenvalue weighted by atomic mass is 9.76. The van der Waals surface area contributed by atoms with Crippen LogP contribution in [0.15, 0.2) is 0 Å². The fourth-order valence-electron chi connectivity index (χ4n) is 2.48. The van der Waals surface area contributed by atoms with Crippen LogP contribution in [0.4, 0.5) is 4.79 Å². The Bertz CT molecular complexity index is 224. The lowest BCUT2D eigenvalue weighted by Crippen LogP contribution is -2.43. The topological polar surface area (TPSA) is 41.6 Å². The normalized spacial score (nSPS) is 27.2. The molecular formula is C10H18N2O2. The van der Waals surface area contributed by atoms with Gasteiger partial charge < -0.3 is 15.0 Å². The fourth-order valence-corrected chi connectivity index (χ4v) is 2.48. The summed E-state index contributed by atoms with van der Waals surface area (Å²) in [5, 5.41) is 3.36. The van der Waals surface area contributed by atoms with E-state index in [1.165, 1.54) is 0 Å². The van der Waals surface area contributed by atoms with Crippen LogP contribution >= 0.6 is 0 Å². The zero-order valence-corrected chi connectivity index (χ0v) is 8.71. The molecule has 2 aliphatic rings. The third-order valence-electron chi connectivity index (χ3n) is 3.41. The minimum atomic E-state index is -0.166. The van der Waals surface area contributed by atoms with Gasteiger partial charge in [0.2, 0.25) is 0 Å². The van der Waals surface area contributed by atoms with Crippen molar-refractivity contribution >= 4 is 6.09 Å². The van der Waals surface area contributed by atoms with Gasteiger partial charge in [0.1, 0.15) is 0 Å². The molecule has 80 valence electrons. The van der Waals surface area contributed by atoms with Crippen molar-refractivity contribution in [2.75, 3.05) is 33.3 Å².